The first-order valence-corrected chi connectivity index (χ1v) is 7.33. The van der Waals surface area contributed by atoms with Crippen LogP contribution < -0.4 is 15.0 Å². The van der Waals surface area contributed by atoms with Crippen molar-refractivity contribution in [2.75, 3.05) is 13.2 Å². The van der Waals surface area contributed by atoms with Crippen molar-refractivity contribution in [1.82, 2.24) is 9.97 Å². The molecule has 0 atom stereocenters. The number of hydrogen-bond acceptors (Lipinski definition) is 4. The van der Waals surface area contributed by atoms with Crippen LogP contribution in [0.3, 0.4) is 0 Å². The first kappa shape index (κ1) is 12.4. The number of rotatable bonds is 1. The Morgan fingerprint density at radius 3 is 2.81 bits per heavy atom. The van der Waals surface area contributed by atoms with Gasteiger partial charge in [0.2, 0.25) is 0 Å². The molecule has 0 unspecified atom stereocenters. The number of aromatic amines is 1. The zero-order valence-electron chi connectivity index (χ0n) is 11.6. The molecule has 0 spiro atoms. The summed E-state index contributed by atoms with van der Waals surface area (Å²) < 4.78 is 11.3. The van der Waals surface area contributed by atoms with Gasteiger partial charge in [0.05, 0.1) is 18.9 Å². The summed E-state index contributed by atoms with van der Waals surface area (Å²) in [5, 5.41) is 0. The van der Waals surface area contributed by atoms with Gasteiger partial charge in [-0.15, -0.1) is 0 Å². The van der Waals surface area contributed by atoms with Crippen molar-refractivity contribution in [1.29, 1.82) is 0 Å². The summed E-state index contributed by atoms with van der Waals surface area (Å²) in [6.07, 6.45) is 3.60. The Bertz CT molecular complexity index is 752. The van der Waals surface area contributed by atoms with E-state index in [1.165, 1.54) is 0 Å². The van der Waals surface area contributed by atoms with E-state index in [1.807, 2.05) is 18.2 Å². The van der Waals surface area contributed by atoms with Gasteiger partial charge < -0.3 is 14.5 Å². The minimum Gasteiger partial charge on any atom is -0.490 e. The van der Waals surface area contributed by atoms with Gasteiger partial charge >= 0.3 is 0 Å². The maximum Gasteiger partial charge on any atom is 0.254 e. The standard InChI is InChI=1S/C16H16N2O3/c19-16-11-3-1-4-12(11)17-15(18-16)10-5-6-13-14(9-10)21-8-2-7-20-13/h5-6,9H,1-4,7-8H2,(H,17,18,19). The molecule has 2 aromatic rings. The zero-order valence-corrected chi connectivity index (χ0v) is 11.6. The van der Waals surface area contributed by atoms with Crippen LogP contribution in [0.4, 0.5) is 0 Å². The highest BCUT2D eigenvalue weighted by Gasteiger charge is 2.18. The molecule has 0 fully saturated rings. The predicted octanol–water partition coefficient (Wildman–Crippen LogP) is 2.09. The largest absolute Gasteiger partial charge is 0.490 e. The van der Waals surface area contributed by atoms with E-state index in [4.69, 9.17) is 9.47 Å². The van der Waals surface area contributed by atoms with Gasteiger partial charge in [0.25, 0.3) is 5.56 Å². The van der Waals surface area contributed by atoms with E-state index in [0.717, 1.165) is 48.3 Å². The minimum atomic E-state index is -0.0142. The second-order valence-electron chi connectivity index (χ2n) is 5.41. The van der Waals surface area contributed by atoms with E-state index in [0.29, 0.717) is 24.8 Å². The van der Waals surface area contributed by atoms with Gasteiger partial charge in [0, 0.05) is 17.5 Å². The van der Waals surface area contributed by atoms with E-state index < -0.39 is 0 Å². The molecule has 2 heterocycles. The van der Waals surface area contributed by atoms with Crippen molar-refractivity contribution in [2.24, 2.45) is 0 Å². The smallest absolute Gasteiger partial charge is 0.254 e. The molecule has 4 rings (SSSR count). The molecule has 2 aliphatic rings. The van der Waals surface area contributed by atoms with Crippen molar-refractivity contribution in [3.05, 3.63) is 39.8 Å². The molecule has 1 N–H and O–H groups in total. The van der Waals surface area contributed by atoms with Crippen LogP contribution in [0.2, 0.25) is 0 Å². The normalized spacial score (nSPS) is 16.4. The lowest BCUT2D eigenvalue weighted by Crippen LogP contribution is -2.15. The van der Waals surface area contributed by atoms with E-state index in [2.05, 4.69) is 9.97 Å². The summed E-state index contributed by atoms with van der Waals surface area (Å²) >= 11 is 0. The Morgan fingerprint density at radius 1 is 1.05 bits per heavy atom. The number of H-pyrrole nitrogens is 1. The third-order valence-corrected chi connectivity index (χ3v) is 3.96. The lowest BCUT2D eigenvalue weighted by Gasteiger charge is -2.09. The third-order valence-electron chi connectivity index (χ3n) is 3.96. The van der Waals surface area contributed by atoms with Gasteiger partial charge in [-0.2, -0.15) is 0 Å². The maximum absolute atomic E-state index is 12.1. The second kappa shape index (κ2) is 4.91. The Balaban J connectivity index is 1.79. The van der Waals surface area contributed by atoms with E-state index in [-0.39, 0.29) is 5.56 Å². The van der Waals surface area contributed by atoms with Crippen LogP contribution in [0.25, 0.3) is 11.4 Å². The van der Waals surface area contributed by atoms with Crippen LogP contribution in [-0.2, 0) is 12.8 Å². The van der Waals surface area contributed by atoms with Crippen LogP contribution in [0.5, 0.6) is 11.5 Å². The molecule has 108 valence electrons. The number of aryl methyl sites for hydroxylation is 1. The fraction of sp³-hybridized carbons (Fsp3) is 0.375. The van der Waals surface area contributed by atoms with Crippen molar-refractivity contribution >= 4 is 0 Å². The molecule has 0 saturated heterocycles. The Kier molecular flexibility index (Phi) is 2.91. The summed E-state index contributed by atoms with van der Waals surface area (Å²) in [6.45, 7) is 1.31. The molecule has 1 aliphatic heterocycles. The highest BCUT2D eigenvalue weighted by atomic mass is 16.5. The molecule has 1 aliphatic carbocycles. The summed E-state index contributed by atoms with van der Waals surface area (Å²) in [4.78, 5) is 19.6. The molecule has 1 aromatic heterocycles. The van der Waals surface area contributed by atoms with E-state index >= 15 is 0 Å². The van der Waals surface area contributed by atoms with Gasteiger partial charge in [0.1, 0.15) is 5.82 Å². The fourth-order valence-corrected chi connectivity index (χ4v) is 2.89. The van der Waals surface area contributed by atoms with Crippen LogP contribution in [0.1, 0.15) is 24.1 Å². The zero-order chi connectivity index (χ0) is 14.2. The molecule has 5 nitrogen and oxygen atoms in total. The molecular weight excluding hydrogens is 268 g/mol. The van der Waals surface area contributed by atoms with Crippen LogP contribution in [-0.4, -0.2) is 23.2 Å². The molecule has 5 heteroatoms. The molecule has 0 radical (unpaired) electrons. The molecule has 0 bridgehead atoms. The first-order valence-electron chi connectivity index (χ1n) is 7.33. The summed E-state index contributed by atoms with van der Waals surface area (Å²) in [5.41, 5.74) is 2.61. The number of hydrogen-bond donors (Lipinski definition) is 1. The Morgan fingerprint density at radius 2 is 1.90 bits per heavy atom. The SMILES string of the molecule is O=c1[nH]c(-c2ccc3c(c2)OCCCO3)nc2c1CCC2. The van der Waals surface area contributed by atoms with Crippen LogP contribution in [0, 0.1) is 0 Å². The number of nitrogens with zero attached hydrogens (tertiary/aromatic N) is 1. The first-order chi connectivity index (χ1) is 10.3. The van der Waals surface area contributed by atoms with Crippen LogP contribution >= 0.6 is 0 Å². The number of fused-ring (bicyclic) bond motifs is 2. The predicted molar refractivity (Wildman–Crippen MR) is 77.9 cm³/mol. The Hall–Kier alpha value is -2.30. The molecule has 0 amide bonds. The van der Waals surface area contributed by atoms with Gasteiger partial charge in [-0.25, -0.2) is 4.98 Å². The number of nitrogens with one attached hydrogen (secondary N) is 1. The molecule has 1 aromatic carbocycles. The summed E-state index contributed by atoms with van der Waals surface area (Å²) in [6, 6.07) is 5.68. The van der Waals surface area contributed by atoms with Crippen molar-refractivity contribution in [3.63, 3.8) is 0 Å². The van der Waals surface area contributed by atoms with Gasteiger partial charge in [-0.05, 0) is 37.5 Å². The lowest BCUT2D eigenvalue weighted by molar-refractivity contribution is 0.297. The van der Waals surface area contributed by atoms with Gasteiger partial charge in [-0.1, -0.05) is 0 Å². The highest BCUT2D eigenvalue weighted by molar-refractivity contribution is 5.61. The fourth-order valence-electron chi connectivity index (χ4n) is 2.89. The van der Waals surface area contributed by atoms with Crippen molar-refractivity contribution in [3.8, 4) is 22.9 Å². The summed E-state index contributed by atoms with van der Waals surface area (Å²) in [5.74, 6) is 2.07. The number of ether oxygens (including phenoxy) is 2. The minimum absolute atomic E-state index is 0.0142. The molecule has 21 heavy (non-hydrogen) atoms. The average Bonchev–Trinajstić information content (AvgIpc) is 2.85. The van der Waals surface area contributed by atoms with Gasteiger partial charge in [0.15, 0.2) is 11.5 Å². The molecular formula is C16H16N2O3. The van der Waals surface area contributed by atoms with Crippen LogP contribution in [0.15, 0.2) is 23.0 Å². The topological polar surface area (TPSA) is 64.2 Å². The maximum atomic E-state index is 12.1. The highest BCUT2D eigenvalue weighted by Crippen LogP contribution is 2.33. The quantitative estimate of drug-likeness (QED) is 0.871. The lowest BCUT2D eigenvalue weighted by atomic mass is 10.1. The van der Waals surface area contributed by atoms with E-state index in [9.17, 15) is 4.79 Å². The number of benzene rings is 1. The number of aromatic nitrogens is 2. The van der Waals surface area contributed by atoms with E-state index in [1.54, 1.807) is 0 Å². The summed E-state index contributed by atoms with van der Waals surface area (Å²) in [7, 11) is 0. The van der Waals surface area contributed by atoms with Crippen molar-refractivity contribution < 1.29 is 9.47 Å². The monoisotopic (exact) mass is 284 g/mol. The third kappa shape index (κ3) is 2.18. The average molecular weight is 284 g/mol. The Labute approximate surface area is 121 Å². The van der Waals surface area contributed by atoms with Crippen molar-refractivity contribution in [2.45, 2.75) is 25.7 Å². The second-order valence-corrected chi connectivity index (χ2v) is 5.41. The van der Waals surface area contributed by atoms with Gasteiger partial charge in [-0.3, -0.25) is 4.79 Å². The molecule has 0 saturated carbocycles.